The molecule has 3 rings (SSSR count). The van der Waals surface area contributed by atoms with Crippen LogP contribution in [-0.2, 0) is 4.74 Å². The highest BCUT2D eigenvalue weighted by molar-refractivity contribution is 5.22. The molecule has 0 radical (unpaired) electrons. The average molecular weight is 335 g/mol. The van der Waals surface area contributed by atoms with Gasteiger partial charge in [0.1, 0.15) is 35.8 Å². The van der Waals surface area contributed by atoms with Crippen LogP contribution < -0.4 is 4.74 Å². The third kappa shape index (κ3) is 4.35. The molecule has 0 aliphatic carbocycles. The van der Waals surface area contributed by atoms with Crippen LogP contribution in [0.5, 0.6) is 5.75 Å². The number of aliphatic hydroxyl groups is 1. The summed E-state index contributed by atoms with van der Waals surface area (Å²) in [6.45, 7) is 4.39. The van der Waals surface area contributed by atoms with E-state index in [1.165, 1.54) is 12.1 Å². The zero-order chi connectivity index (χ0) is 16.9. The fraction of sp³-hybridized carbons (Fsp3) is 0.444. The Morgan fingerprint density at radius 2 is 2.08 bits per heavy atom. The molecule has 0 bridgehead atoms. The molecule has 0 saturated carbocycles. The molecule has 0 amide bonds. The van der Waals surface area contributed by atoms with Gasteiger partial charge in [-0.1, -0.05) is 0 Å². The van der Waals surface area contributed by atoms with E-state index in [9.17, 15) is 9.50 Å². The molecular formula is C18H22FNO4. The summed E-state index contributed by atoms with van der Waals surface area (Å²) in [6.07, 6.45) is -0.660. The minimum Gasteiger partial charge on any atom is -0.491 e. The lowest BCUT2D eigenvalue weighted by molar-refractivity contribution is -0.0399. The third-order valence-corrected chi connectivity index (χ3v) is 4.03. The van der Waals surface area contributed by atoms with Crippen molar-refractivity contribution < 1.29 is 23.4 Å². The first-order valence-electron chi connectivity index (χ1n) is 8.06. The zero-order valence-corrected chi connectivity index (χ0v) is 13.7. The lowest BCUT2D eigenvalue weighted by Gasteiger charge is -2.35. The summed E-state index contributed by atoms with van der Waals surface area (Å²) in [7, 11) is 0. The number of benzene rings is 1. The summed E-state index contributed by atoms with van der Waals surface area (Å²) in [5, 5.41) is 10.3. The van der Waals surface area contributed by atoms with Gasteiger partial charge in [-0.25, -0.2) is 4.39 Å². The van der Waals surface area contributed by atoms with Crippen molar-refractivity contribution in [2.24, 2.45) is 0 Å². The lowest BCUT2D eigenvalue weighted by Crippen LogP contribution is -2.44. The van der Waals surface area contributed by atoms with Crippen LogP contribution in [0.15, 0.2) is 40.8 Å². The molecule has 1 aliphatic rings. The topological polar surface area (TPSA) is 55.1 Å². The van der Waals surface area contributed by atoms with Crippen molar-refractivity contribution in [1.29, 1.82) is 0 Å². The zero-order valence-electron chi connectivity index (χ0n) is 13.7. The molecule has 1 fully saturated rings. The SMILES string of the molecule is Cc1ccc(C2COCCN2CC(O)COc2ccc(F)cc2)o1. The highest BCUT2D eigenvalue weighted by Gasteiger charge is 2.28. The second-order valence-corrected chi connectivity index (χ2v) is 5.95. The highest BCUT2D eigenvalue weighted by Crippen LogP contribution is 2.26. The van der Waals surface area contributed by atoms with Crippen LogP contribution in [0, 0.1) is 12.7 Å². The highest BCUT2D eigenvalue weighted by atomic mass is 19.1. The molecule has 2 aromatic rings. The van der Waals surface area contributed by atoms with Gasteiger partial charge in [-0.2, -0.15) is 0 Å². The molecule has 5 nitrogen and oxygen atoms in total. The lowest BCUT2D eigenvalue weighted by atomic mass is 10.1. The van der Waals surface area contributed by atoms with Gasteiger partial charge >= 0.3 is 0 Å². The first kappa shape index (κ1) is 17.0. The van der Waals surface area contributed by atoms with Crippen molar-refractivity contribution in [2.45, 2.75) is 19.1 Å². The molecular weight excluding hydrogens is 313 g/mol. The van der Waals surface area contributed by atoms with Crippen molar-refractivity contribution in [3.05, 3.63) is 53.7 Å². The number of morpholine rings is 1. The Morgan fingerprint density at radius 1 is 1.29 bits per heavy atom. The van der Waals surface area contributed by atoms with Gasteiger partial charge < -0.3 is 19.0 Å². The fourth-order valence-corrected chi connectivity index (χ4v) is 2.80. The molecule has 1 N–H and O–H groups in total. The van der Waals surface area contributed by atoms with Crippen LogP contribution in [0.25, 0.3) is 0 Å². The van der Waals surface area contributed by atoms with E-state index in [-0.39, 0.29) is 18.5 Å². The second kappa shape index (κ2) is 7.79. The summed E-state index contributed by atoms with van der Waals surface area (Å²) in [6, 6.07) is 9.63. The molecule has 130 valence electrons. The van der Waals surface area contributed by atoms with Crippen LogP contribution in [0.1, 0.15) is 17.6 Å². The van der Waals surface area contributed by atoms with Gasteiger partial charge in [0.15, 0.2) is 0 Å². The normalized spacial score (nSPS) is 20.0. The number of rotatable bonds is 6. The van der Waals surface area contributed by atoms with E-state index in [2.05, 4.69) is 4.90 Å². The summed E-state index contributed by atoms with van der Waals surface area (Å²) >= 11 is 0. The van der Waals surface area contributed by atoms with Gasteiger partial charge in [0.05, 0.1) is 19.3 Å². The van der Waals surface area contributed by atoms with Crippen LogP contribution in [0.2, 0.25) is 0 Å². The standard InChI is InChI=1S/C18H22FNO4/c1-13-2-7-18(24-13)17-12-22-9-8-20(17)10-15(21)11-23-16-5-3-14(19)4-6-16/h2-7,15,17,21H,8-12H2,1H3. The molecule has 0 spiro atoms. The number of nitrogens with zero attached hydrogens (tertiary/aromatic N) is 1. The molecule has 2 heterocycles. The van der Waals surface area contributed by atoms with Crippen molar-refractivity contribution in [3.63, 3.8) is 0 Å². The van der Waals surface area contributed by atoms with Gasteiger partial charge in [0.2, 0.25) is 0 Å². The van der Waals surface area contributed by atoms with Crippen LogP contribution in [0.4, 0.5) is 4.39 Å². The minimum atomic E-state index is -0.660. The number of furan rings is 1. The van der Waals surface area contributed by atoms with Gasteiger partial charge in [-0.15, -0.1) is 0 Å². The van der Waals surface area contributed by atoms with E-state index in [1.807, 2.05) is 19.1 Å². The van der Waals surface area contributed by atoms with Crippen LogP contribution >= 0.6 is 0 Å². The summed E-state index contributed by atoms with van der Waals surface area (Å²) < 4.78 is 29.6. The van der Waals surface area contributed by atoms with Gasteiger partial charge in [0.25, 0.3) is 0 Å². The Bertz CT molecular complexity index is 643. The van der Waals surface area contributed by atoms with Crippen LogP contribution in [-0.4, -0.2) is 49.0 Å². The summed E-state index contributed by atoms with van der Waals surface area (Å²) in [5.74, 6) is 1.93. The van der Waals surface area contributed by atoms with E-state index < -0.39 is 6.10 Å². The maximum absolute atomic E-state index is 12.9. The van der Waals surface area contributed by atoms with Gasteiger partial charge in [0, 0.05) is 13.1 Å². The first-order valence-corrected chi connectivity index (χ1v) is 8.06. The van der Waals surface area contributed by atoms with Crippen molar-refractivity contribution in [3.8, 4) is 5.75 Å². The number of aryl methyl sites for hydroxylation is 1. The quantitative estimate of drug-likeness (QED) is 0.879. The van der Waals surface area contributed by atoms with E-state index in [4.69, 9.17) is 13.9 Å². The molecule has 2 unspecified atom stereocenters. The number of aliphatic hydroxyl groups excluding tert-OH is 1. The van der Waals surface area contributed by atoms with Crippen molar-refractivity contribution >= 4 is 0 Å². The van der Waals surface area contributed by atoms with Crippen molar-refractivity contribution in [2.75, 3.05) is 32.9 Å². The van der Waals surface area contributed by atoms with Gasteiger partial charge in [-0.3, -0.25) is 4.90 Å². The average Bonchev–Trinajstić information content (AvgIpc) is 3.01. The molecule has 24 heavy (non-hydrogen) atoms. The van der Waals surface area contributed by atoms with Crippen molar-refractivity contribution in [1.82, 2.24) is 4.90 Å². The Labute approximate surface area is 140 Å². The molecule has 1 aromatic heterocycles. The second-order valence-electron chi connectivity index (χ2n) is 5.95. The maximum atomic E-state index is 12.9. The number of hydrogen-bond donors (Lipinski definition) is 1. The molecule has 1 aromatic carbocycles. The summed E-state index contributed by atoms with van der Waals surface area (Å²) in [5.41, 5.74) is 0. The maximum Gasteiger partial charge on any atom is 0.123 e. The number of ether oxygens (including phenoxy) is 2. The number of halogens is 1. The third-order valence-electron chi connectivity index (χ3n) is 4.03. The Kier molecular flexibility index (Phi) is 5.50. The number of hydrogen-bond acceptors (Lipinski definition) is 5. The summed E-state index contributed by atoms with van der Waals surface area (Å²) in [4.78, 5) is 2.14. The smallest absolute Gasteiger partial charge is 0.123 e. The largest absolute Gasteiger partial charge is 0.491 e. The van der Waals surface area contributed by atoms with E-state index in [0.717, 1.165) is 18.1 Å². The van der Waals surface area contributed by atoms with E-state index in [0.29, 0.717) is 25.5 Å². The first-order chi connectivity index (χ1) is 11.6. The minimum absolute atomic E-state index is 0.00655. The predicted octanol–water partition coefficient (Wildman–Crippen LogP) is 2.54. The molecule has 1 saturated heterocycles. The Hall–Kier alpha value is -1.89. The van der Waals surface area contributed by atoms with E-state index in [1.54, 1.807) is 12.1 Å². The molecule has 2 atom stereocenters. The Morgan fingerprint density at radius 3 is 2.79 bits per heavy atom. The van der Waals surface area contributed by atoms with Crippen LogP contribution in [0.3, 0.4) is 0 Å². The van der Waals surface area contributed by atoms with Gasteiger partial charge in [-0.05, 0) is 43.3 Å². The Balaban J connectivity index is 1.55. The monoisotopic (exact) mass is 335 g/mol. The molecule has 6 heteroatoms. The van der Waals surface area contributed by atoms with E-state index >= 15 is 0 Å². The molecule has 1 aliphatic heterocycles. The predicted molar refractivity (Wildman–Crippen MR) is 86.5 cm³/mol. The fourth-order valence-electron chi connectivity index (χ4n) is 2.80. The number of β-amino-alcohol motifs (C(OH)–C–C–N with tert-alkyl or cyclic N) is 1.